The van der Waals surface area contributed by atoms with Crippen molar-refractivity contribution < 1.29 is 19.7 Å². The second-order valence-electron chi connectivity index (χ2n) is 6.94. The number of benzene rings is 1. The zero-order valence-electron chi connectivity index (χ0n) is 14.5. The molecule has 1 atom stereocenters. The minimum atomic E-state index is -1.83. The molecule has 1 aromatic carbocycles. The van der Waals surface area contributed by atoms with Crippen LogP contribution in [0.15, 0.2) is 35.1 Å². The maximum Gasteiger partial charge on any atom is 0.343 e. The van der Waals surface area contributed by atoms with Crippen molar-refractivity contribution >= 4 is 16.9 Å². The van der Waals surface area contributed by atoms with E-state index in [1.165, 1.54) is 0 Å². The molecule has 7 nitrogen and oxygen atoms in total. The highest BCUT2D eigenvalue weighted by Gasteiger charge is 2.45. The highest BCUT2D eigenvalue weighted by Crippen LogP contribution is 2.39. The molecule has 0 saturated heterocycles. The lowest BCUT2D eigenvalue weighted by atomic mass is 9.86. The molecule has 7 heteroatoms. The van der Waals surface area contributed by atoms with Crippen molar-refractivity contribution in [3.8, 4) is 17.1 Å². The normalized spacial score (nSPS) is 20.1. The molecular formula is C20H16N2O5. The molecule has 0 saturated carbocycles. The Bertz CT molecular complexity index is 1210. The summed E-state index contributed by atoms with van der Waals surface area (Å²) in [4.78, 5) is 29.8. The van der Waals surface area contributed by atoms with Gasteiger partial charge in [-0.15, -0.1) is 0 Å². The van der Waals surface area contributed by atoms with E-state index >= 15 is 0 Å². The Morgan fingerprint density at radius 3 is 2.89 bits per heavy atom. The first-order valence-electron chi connectivity index (χ1n) is 8.73. The number of nitrogens with zero attached hydrogens (tertiary/aromatic N) is 2. The van der Waals surface area contributed by atoms with E-state index in [1.54, 1.807) is 35.8 Å². The average molecular weight is 364 g/mol. The Labute approximate surface area is 153 Å². The Morgan fingerprint density at radius 2 is 2.11 bits per heavy atom. The number of carbonyl (C=O) groups excluding carboxylic acids is 1. The molecule has 2 aromatic heterocycles. The van der Waals surface area contributed by atoms with Gasteiger partial charge in [0.15, 0.2) is 5.60 Å². The predicted octanol–water partition coefficient (Wildman–Crippen LogP) is 1.79. The topological polar surface area (TPSA) is 102 Å². The van der Waals surface area contributed by atoms with E-state index in [9.17, 15) is 19.8 Å². The first-order chi connectivity index (χ1) is 12.9. The van der Waals surface area contributed by atoms with E-state index in [-0.39, 0.29) is 24.3 Å². The average Bonchev–Trinajstić information content (AvgIpc) is 3.02. The van der Waals surface area contributed by atoms with Crippen molar-refractivity contribution in [2.24, 2.45) is 0 Å². The van der Waals surface area contributed by atoms with Crippen LogP contribution in [0.5, 0.6) is 5.75 Å². The quantitative estimate of drug-likeness (QED) is 0.499. The van der Waals surface area contributed by atoms with Crippen molar-refractivity contribution in [3.05, 3.63) is 57.4 Å². The van der Waals surface area contributed by atoms with Crippen LogP contribution >= 0.6 is 0 Å². The molecule has 0 unspecified atom stereocenters. The number of fused-ring (bicyclic) bond motifs is 5. The standard InChI is InChI=1S/C20H16N2O5/c1-2-20(26)13-7-15-17-10(6-11-14(21-17)4-3-5-16(11)23)8-22(15)18(24)12(13)9-27-19(20)25/h3-7,23,26H,2,8-9H2,1H3/t20-/m0/s1. The minimum Gasteiger partial charge on any atom is -0.507 e. The number of hydrogen-bond donors (Lipinski definition) is 2. The van der Waals surface area contributed by atoms with Gasteiger partial charge in [-0.2, -0.15) is 0 Å². The number of ether oxygens (including phenoxy) is 1. The summed E-state index contributed by atoms with van der Waals surface area (Å²) in [5.41, 5.74) is 1.04. The van der Waals surface area contributed by atoms with Crippen LogP contribution in [0.1, 0.15) is 30.0 Å². The molecule has 0 fully saturated rings. The van der Waals surface area contributed by atoms with Gasteiger partial charge in [-0.25, -0.2) is 9.78 Å². The SMILES string of the molecule is CC[C@@]1(O)C(=O)OCc2c1cc1n(c2=O)Cc2cc3c(O)cccc3nc2-1. The smallest absolute Gasteiger partial charge is 0.343 e. The van der Waals surface area contributed by atoms with E-state index in [4.69, 9.17) is 4.74 Å². The van der Waals surface area contributed by atoms with Crippen LogP contribution in [0, 0.1) is 0 Å². The summed E-state index contributed by atoms with van der Waals surface area (Å²) in [6, 6.07) is 8.58. The third kappa shape index (κ3) is 1.97. The summed E-state index contributed by atoms with van der Waals surface area (Å²) in [5, 5.41) is 21.5. The molecule has 2 aliphatic heterocycles. The predicted molar refractivity (Wildman–Crippen MR) is 96.2 cm³/mol. The lowest BCUT2D eigenvalue weighted by Gasteiger charge is -2.31. The van der Waals surface area contributed by atoms with Gasteiger partial charge in [0.25, 0.3) is 5.56 Å². The largest absolute Gasteiger partial charge is 0.507 e. The summed E-state index contributed by atoms with van der Waals surface area (Å²) in [7, 11) is 0. The molecule has 4 heterocycles. The molecule has 136 valence electrons. The Balaban J connectivity index is 1.81. The number of aliphatic hydroxyl groups is 1. The van der Waals surface area contributed by atoms with Crippen LogP contribution < -0.4 is 5.56 Å². The number of aromatic hydroxyl groups is 1. The lowest BCUT2D eigenvalue weighted by Crippen LogP contribution is -2.44. The van der Waals surface area contributed by atoms with Crippen molar-refractivity contribution in [2.45, 2.75) is 32.1 Å². The molecule has 0 bridgehead atoms. The van der Waals surface area contributed by atoms with Gasteiger partial charge in [-0.05, 0) is 30.7 Å². The number of aromatic nitrogens is 2. The minimum absolute atomic E-state index is 0.105. The highest BCUT2D eigenvalue weighted by molar-refractivity contribution is 5.89. The fraction of sp³-hybridized carbons (Fsp3) is 0.250. The molecule has 2 aliphatic rings. The summed E-state index contributed by atoms with van der Waals surface area (Å²) >= 11 is 0. The summed E-state index contributed by atoms with van der Waals surface area (Å²) in [6.45, 7) is 1.83. The van der Waals surface area contributed by atoms with Gasteiger partial charge in [0, 0.05) is 16.5 Å². The molecule has 0 radical (unpaired) electrons. The first kappa shape index (κ1) is 16.0. The van der Waals surface area contributed by atoms with Crippen molar-refractivity contribution in [1.82, 2.24) is 9.55 Å². The van der Waals surface area contributed by atoms with Crippen molar-refractivity contribution in [3.63, 3.8) is 0 Å². The van der Waals surface area contributed by atoms with E-state index in [0.717, 1.165) is 5.56 Å². The zero-order chi connectivity index (χ0) is 18.9. The van der Waals surface area contributed by atoms with Crippen LogP contribution in [0.25, 0.3) is 22.3 Å². The number of esters is 1. The van der Waals surface area contributed by atoms with Gasteiger partial charge in [-0.1, -0.05) is 13.0 Å². The molecular weight excluding hydrogens is 348 g/mol. The van der Waals surface area contributed by atoms with Crippen LogP contribution in [-0.2, 0) is 28.3 Å². The number of phenolic OH excluding ortho intramolecular Hbond substituents is 1. The molecule has 0 amide bonds. The molecule has 3 aromatic rings. The second kappa shape index (κ2) is 5.17. The molecule has 0 aliphatic carbocycles. The van der Waals surface area contributed by atoms with E-state index in [0.29, 0.717) is 40.0 Å². The van der Waals surface area contributed by atoms with Crippen LogP contribution in [0.2, 0.25) is 0 Å². The third-order valence-electron chi connectivity index (χ3n) is 5.53. The van der Waals surface area contributed by atoms with E-state index in [1.807, 2.05) is 6.07 Å². The number of rotatable bonds is 1. The number of cyclic esters (lactones) is 1. The van der Waals surface area contributed by atoms with Crippen molar-refractivity contribution in [2.75, 3.05) is 0 Å². The highest BCUT2D eigenvalue weighted by atomic mass is 16.6. The number of hydrogen-bond acceptors (Lipinski definition) is 6. The van der Waals surface area contributed by atoms with Gasteiger partial charge in [0.2, 0.25) is 0 Å². The van der Waals surface area contributed by atoms with Gasteiger partial charge in [0.05, 0.1) is 29.0 Å². The Morgan fingerprint density at radius 1 is 1.30 bits per heavy atom. The molecule has 0 spiro atoms. The molecule has 2 N–H and O–H groups in total. The number of pyridine rings is 2. The van der Waals surface area contributed by atoms with Crippen molar-refractivity contribution in [1.29, 1.82) is 0 Å². The summed E-state index contributed by atoms with van der Waals surface area (Å²) in [6.07, 6.45) is 0.105. The van der Waals surface area contributed by atoms with E-state index in [2.05, 4.69) is 4.98 Å². The maximum absolute atomic E-state index is 13.0. The second-order valence-corrected chi connectivity index (χ2v) is 6.94. The van der Waals surface area contributed by atoms with E-state index < -0.39 is 11.6 Å². The van der Waals surface area contributed by atoms with Crippen LogP contribution in [0.3, 0.4) is 0 Å². The fourth-order valence-electron chi connectivity index (χ4n) is 3.99. The molecule has 27 heavy (non-hydrogen) atoms. The van der Waals surface area contributed by atoms with Crippen LogP contribution in [-0.4, -0.2) is 25.7 Å². The third-order valence-corrected chi connectivity index (χ3v) is 5.53. The first-order valence-corrected chi connectivity index (χ1v) is 8.73. The summed E-state index contributed by atoms with van der Waals surface area (Å²) < 4.78 is 6.63. The monoisotopic (exact) mass is 364 g/mol. The Hall–Kier alpha value is -3.19. The fourth-order valence-corrected chi connectivity index (χ4v) is 3.99. The Kier molecular flexibility index (Phi) is 3.07. The lowest BCUT2D eigenvalue weighted by molar-refractivity contribution is -0.172. The zero-order valence-corrected chi connectivity index (χ0v) is 14.5. The number of phenols is 1. The van der Waals surface area contributed by atoms with Crippen LogP contribution in [0.4, 0.5) is 0 Å². The number of carbonyl (C=O) groups is 1. The molecule has 5 rings (SSSR count). The van der Waals surface area contributed by atoms with Gasteiger partial charge in [-0.3, -0.25) is 4.79 Å². The van der Waals surface area contributed by atoms with Gasteiger partial charge in [0.1, 0.15) is 12.4 Å². The van der Waals surface area contributed by atoms with Gasteiger partial charge < -0.3 is 19.5 Å². The maximum atomic E-state index is 13.0. The summed E-state index contributed by atoms with van der Waals surface area (Å²) in [5.74, 6) is -0.610. The van der Waals surface area contributed by atoms with Gasteiger partial charge >= 0.3 is 5.97 Å².